The summed E-state index contributed by atoms with van der Waals surface area (Å²) >= 11 is 0. The van der Waals surface area contributed by atoms with Gasteiger partial charge in [0.2, 0.25) is 0 Å². The van der Waals surface area contributed by atoms with Crippen molar-refractivity contribution in [2.75, 3.05) is 6.61 Å². The molecule has 0 bridgehead atoms. The highest BCUT2D eigenvalue weighted by Gasteiger charge is 2.34. The fraction of sp³-hybridized carbons (Fsp3) is 0.104. The highest BCUT2D eigenvalue weighted by molar-refractivity contribution is 5.91. The minimum absolute atomic E-state index is 0.0214. The van der Waals surface area contributed by atoms with Crippen LogP contribution < -0.4 is 17.1 Å². The zero-order valence-electron chi connectivity index (χ0n) is 29.8. The van der Waals surface area contributed by atoms with Crippen molar-refractivity contribution in [3.63, 3.8) is 0 Å². The molecule has 0 amide bonds. The molecule has 1 atom stereocenters. The smallest absolute Gasteiger partial charge is 0.338 e. The predicted molar refractivity (Wildman–Crippen MR) is 219 cm³/mol. The summed E-state index contributed by atoms with van der Waals surface area (Å²) in [6, 6.07) is 54.1. The monoisotopic (exact) mass is 717 g/mol. The van der Waals surface area contributed by atoms with E-state index in [1.54, 1.807) is 0 Å². The molecule has 7 heteroatoms. The lowest BCUT2D eigenvalue weighted by Crippen LogP contribution is -2.57. The van der Waals surface area contributed by atoms with Crippen LogP contribution in [0.25, 0.3) is 43.1 Å². The molecule has 0 N–H and O–H groups in total. The topological polar surface area (TPSA) is 78.5 Å². The van der Waals surface area contributed by atoms with Gasteiger partial charge in [-0.3, -0.25) is 0 Å². The molecule has 0 aliphatic carbocycles. The average Bonchev–Trinajstić information content (AvgIpc) is 4.07. The Morgan fingerprint density at radius 3 is 1.02 bits per heavy atom. The van der Waals surface area contributed by atoms with Crippen molar-refractivity contribution < 1.29 is 4.74 Å². The zero-order valence-corrected chi connectivity index (χ0v) is 29.8. The fourth-order valence-corrected chi connectivity index (χ4v) is 8.44. The van der Waals surface area contributed by atoms with Crippen molar-refractivity contribution in [2.24, 2.45) is 0 Å². The Morgan fingerprint density at radius 2 is 0.709 bits per heavy atom. The van der Waals surface area contributed by atoms with E-state index >= 15 is 14.4 Å². The third-order valence-corrected chi connectivity index (χ3v) is 11.1. The molecular weight excluding hydrogens is 683 g/mol. The second kappa shape index (κ2) is 13.2. The third-order valence-electron chi connectivity index (χ3n) is 11.1. The van der Waals surface area contributed by atoms with Gasteiger partial charge in [-0.05, 0) is 65.3 Å². The number of fused-ring (bicyclic) bond motifs is 4. The molecule has 1 aliphatic heterocycles. The molecule has 1 aliphatic rings. The van der Waals surface area contributed by atoms with Crippen molar-refractivity contribution in [2.45, 2.75) is 24.7 Å². The van der Waals surface area contributed by atoms with E-state index in [0.717, 1.165) is 65.3 Å². The molecule has 55 heavy (non-hydrogen) atoms. The minimum Gasteiger partial charge on any atom is -0.371 e. The molecule has 266 valence electrons. The summed E-state index contributed by atoms with van der Waals surface area (Å²) in [6.45, 7) is 0.449. The van der Waals surface area contributed by atoms with E-state index in [4.69, 9.17) is 4.74 Å². The Balaban J connectivity index is 1.37. The highest BCUT2D eigenvalue weighted by Crippen LogP contribution is 2.37. The van der Waals surface area contributed by atoms with E-state index < -0.39 is 29.2 Å². The van der Waals surface area contributed by atoms with Crippen LogP contribution in [0.15, 0.2) is 184 Å². The van der Waals surface area contributed by atoms with Gasteiger partial charge in [0.25, 0.3) is 0 Å². The maximum absolute atomic E-state index is 15.9. The number of hydrogen-bond acceptors (Lipinski definition) is 4. The number of rotatable bonds is 8. The third kappa shape index (κ3) is 5.51. The molecular formula is C48H35N3O4. The van der Waals surface area contributed by atoms with Crippen LogP contribution in [0.3, 0.4) is 0 Å². The van der Waals surface area contributed by atoms with Crippen LogP contribution in [0.2, 0.25) is 0 Å². The molecule has 7 nitrogen and oxygen atoms in total. The van der Waals surface area contributed by atoms with Crippen molar-refractivity contribution >= 4 is 43.1 Å². The SMILES string of the molecule is O=c1n(CC2CO2)c(=O)n(C(c2cccc3ccccc23)c2cccc3ccccc23)c(=O)n1C(c1cccc2ccccc12)c1cccc2ccccc12. The summed E-state index contributed by atoms with van der Waals surface area (Å²) in [7, 11) is 0. The van der Waals surface area contributed by atoms with Gasteiger partial charge in [0.05, 0.1) is 31.3 Å². The largest absolute Gasteiger partial charge is 0.371 e. The standard InChI is InChI=1S/C48H35N3O4/c52-46-49(29-35-30-55-35)47(53)51(45(42-27-11-19-33-15-3-7-23-38(33)42)43-28-12-20-34-16-4-8-24-39(34)43)48(54)50(46)44(40-25-9-17-31-13-1-5-21-36(31)40)41-26-10-18-32-14-2-6-22-37(32)41/h1-28,35,44-45H,29-30H2. The lowest BCUT2D eigenvalue weighted by Gasteiger charge is -2.28. The maximum Gasteiger partial charge on any atom is 0.338 e. The molecule has 9 aromatic rings. The number of ether oxygens (including phenoxy) is 1. The Kier molecular flexibility index (Phi) is 7.89. The van der Waals surface area contributed by atoms with Gasteiger partial charge in [0.15, 0.2) is 0 Å². The highest BCUT2D eigenvalue weighted by atomic mass is 16.6. The van der Waals surface area contributed by atoms with Crippen LogP contribution in [-0.2, 0) is 11.3 Å². The van der Waals surface area contributed by atoms with Crippen LogP contribution in [0.1, 0.15) is 34.3 Å². The molecule has 8 aromatic carbocycles. The molecule has 1 fully saturated rings. The van der Waals surface area contributed by atoms with E-state index in [2.05, 4.69) is 0 Å². The lowest BCUT2D eigenvalue weighted by atomic mass is 9.90. The number of aromatic nitrogens is 3. The van der Waals surface area contributed by atoms with Crippen LogP contribution in [0, 0.1) is 0 Å². The first kappa shape index (κ1) is 32.8. The van der Waals surface area contributed by atoms with Crippen molar-refractivity contribution in [3.05, 3.63) is 224 Å². The molecule has 2 heterocycles. The Hall–Kier alpha value is -6.83. The quantitative estimate of drug-likeness (QED) is 0.148. The molecule has 1 unspecified atom stereocenters. The Bertz CT molecular complexity index is 2760. The molecule has 0 spiro atoms. The number of epoxide rings is 1. The zero-order chi connectivity index (χ0) is 37.0. The van der Waals surface area contributed by atoms with E-state index in [1.807, 2.05) is 170 Å². The Morgan fingerprint density at radius 1 is 0.418 bits per heavy atom. The summed E-state index contributed by atoms with van der Waals surface area (Å²) in [4.78, 5) is 46.2. The van der Waals surface area contributed by atoms with Crippen molar-refractivity contribution in [1.82, 2.24) is 13.7 Å². The van der Waals surface area contributed by atoms with Gasteiger partial charge in [-0.1, -0.05) is 170 Å². The first-order valence-electron chi connectivity index (χ1n) is 18.6. The number of benzene rings is 8. The lowest BCUT2D eigenvalue weighted by molar-refractivity contribution is 0.356. The Labute approximate surface area is 315 Å². The van der Waals surface area contributed by atoms with E-state index in [-0.39, 0.29) is 12.6 Å². The maximum atomic E-state index is 15.9. The van der Waals surface area contributed by atoms with Gasteiger partial charge in [0.1, 0.15) is 0 Å². The predicted octanol–water partition coefficient (Wildman–Crippen LogP) is 8.46. The summed E-state index contributed by atoms with van der Waals surface area (Å²) in [5, 5.41) is 7.52. The summed E-state index contributed by atoms with van der Waals surface area (Å²) in [5.74, 6) is 0. The first-order chi connectivity index (χ1) is 27.1. The van der Waals surface area contributed by atoms with E-state index in [1.165, 1.54) is 13.7 Å². The molecule has 10 rings (SSSR count). The van der Waals surface area contributed by atoms with Crippen molar-refractivity contribution in [1.29, 1.82) is 0 Å². The van der Waals surface area contributed by atoms with Gasteiger partial charge < -0.3 is 4.74 Å². The van der Waals surface area contributed by atoms with Crippen LogP contribution in [-0.4, -0.2) is 26.4 Å². The normalized spacial score (nSPS) is 14.1. The molecule has 0 saturated carbocycles. The fourth-order valence-electron chi connectivity index (χ4n) is 8.44. The van der Waals surface area contributed by atoms with E-state index in [9.17, 15) is 0 Å². The van der Waals surface area contributed by atoms with Gasteiger partial charge >= 0.3 is 17.1 Å². The van der Waals surface area contributed by atoms with Crippen LogP contribution in [0.4, 0.5) is 0 Å². The summed E-state index contributed by atoms with van der Waals surface area (Å²) in [6.07, 6.45) is -0.313. The van der Waals surface area contributed by atoms with Crippen LogP contribution in [0.5, 0.6) is 0 Å². The van der Waals surface area contributed by atoms with Gasteiger partial charge in [-0.15, -0.1) is 0 Å². The first-order valence-corrected chi connectivity index (χ1v) is 18.6. The number of hydrogen-bond donors (Lipinski definition) is 0. The van der Waals surface area contributed by atoms with Gasteiger partial charge in [-0.25, -0.2) is 28.1 Å². The minimum atomic E-state index is -0.892. The second-order valence-electron chi connectivity index (χ2n) is 14.2. The van der Waals surface area contributed by atoms with Gasteiger partial charge in [-0.2, -0.15) is 0 Å². The average molecular weight is 718 g/mol. The second-order valence-corrected chi connectivity index (χ2v) is 14.2. The van der Waals surface area contributed by atoms with Crippen molar-refractivity contribution in [3.8, 4) is 0 Å². The molecule has 0 radical (unpaired) electrons. The van der Waals surface area contributed by atoms with E-state index in [0.29, 0.717) is 6.61 Å². The van der Waals surface area contributed by atoms with Gasteiger partial charge in [0, 0.05) is 0 Å². The van der Waals surface area contributed by atoms with Crippen LogP contribution >= 0.6 is 0 Å². The summed E-state index contributed by atoms with van der Waals surface area (Å²) < 4.78 is 9.47. The molecule has 1 aromatic heterocycles. The summed E-state index contributed by atoms with van der Waals surface area (Å²) in [5.41, 5.74) is 1.06. The number of nitrogens with zero attached hydrogens (tertiary/aromatic N) is 3. The molecule has 1 saturated heterocycles.